The number of nitrogens with zero attached hydrogens (tertiary/aromatic N) is 1. The average molecular weight is 416 g/mol. The van der Waals surface area contributed by atoms with E-state index in [-0.39, 0.29) is 5.41 Å². The van der Waals surface area contributed by atoms with Gasteiger partial charge in [0.25, 0.3) is 0 Å². The van der Waals surface area contributed by atoms with Gasteiger partial charge in [-0.2, -0.15) is 0 Å². The fourth-order valence-electron chi connectivity index (χ4n) is 6.79. The van der Waals surface area contributed by atoms with Crippen molar-refractivity contribution >= 4 is 171 Å². The molecule has 0 aliphatic rings. The number of fused-ring (bicyclic) bond motifs is 6. The number of aromatic nitrogens is 1. The summed E-state index contributed by atoms with van der Waals surface area (Å²) < 4.78 is 2.67. The zero-order chi connectivity index (χ0) is 24.5. The first-order chi connectivity index (χ1) is 15.2. The van der Waals surface area contributed by atoms with Gasteiger partial charge >= 0.3 is 0 Å². The molecule has 0 fully saturated rings. The maximum absolute atomic E-state index is 2.67. The van der Waals surface area contributed by atoms with Crippen molar-refractivity contribution in [3.63, 3.8) is 0 Å². The molecule has 0 unspecified atom stereocenters. The average Bonchev–Trinajstić information content (AvgIpc) is 3.25. The fraction of sp³-hybridized carbons (Fsp3) is 0.182. The number of rotatable bonds is 0. The maximum Gasteiger partial charge on any atom is 0.141 e. The van der Waals surface area contributed by atoms with E-state index in [9.17, 15) is 0 Å². The van der Waals surface area contributed by atoms with Crippen molar-refractivity contribution in [3.8, 4) is 0 Å². The van der Waals surface area contributed by atoms with Crippen LogP contribution in [0.3, 0.4) is 0 Å². The van der Waals surface area contributed by atoms with Gasteiger partial charge in [0.2, 0.25) is 0 Å². The van der Waals surface area contributed by atoms with Crippen molar-refractivity contribution in [2.75, 3.05) is 0 Å². The molecule has 0 bridgehead atoms. The summed E-state index contributed by atoms with van der Waals surface area (Å²) in [7, 11) is 23.3. The van der Waals surface area contributed by atoms with Gasteiger partial charge in [-0.25, -0.2) is 0 Å². The smallest absolute Gasteiger partial charge is 0.141 e. The Balaban J connectivity index is 2.38. The van der Waals surface area contributed by atoms with Gasteiger partial charge in [-0.05, 0) is 16.4 Å². The molecule has 0 aliphatic carbocycles. The molecule has 2 aromatic heterocycles. The third-order valence-corrected chi connectivity index (χ3v) is 9.27. The van der Waals surface area contributed by atoms with Crippen LogP contribution >= 0.6 is 0 Å². The topological polar surface area (TPSA) is 4.41 Å². The third kappa shape index (κ3) is 2.58. The Hall–Kier alpha value is -1.89. The molecule has 5 aromatic rings. The van der Waals surface area contributed by atoms with Gasteiger partial charge in [0.1, 0.15) is 78.5 Å². The second kappa shape index (κ2) is 6.83. The van der Waals surface area contributed by atoms with E-state index in [2.05, 4.69) is 104 Å². The molecule has 0 saturated carbocycles. The van der Waals surface area contributed by atoms with Gasteiger partial charge in [-0.15, -0.1) is 10.9 Å². The molecular weight excluding hydrogens is 386 g/mol. The van der Waals surface area contributed by atoms with E-state index in [0.717, 1.165) is 0 Å². The van der Waals surface area contributed by atoms with E-state index in [0.29, 0.717) is 0 Å². The van der Waals surface area contributed by atoms with Crippen molar-refractivity contribution in [1.82, 2.24) is 4.40 Å². The SMILES string of the molecule is Bc1c(B)c(B)c2c(c1B)c1c(B)c(B)c(C(C)(C)C)c3c4c(B)c(B)c(B)c(B)c4n2c13. The highest BCUT2D eigenvalue weighted by molar-refractivity contribution is 6.71. The lowest BCUT2D eigenvalue weighted by molar-refractivity contribution is 0.600. The highest BCUT2D eigenvalue weighted by Crippen LogP contribution is 2.39. The molecule has 0 N–H and O–H groups in total. The number of hydrogen-bond donors (Lipinski definition) is 0. The molecule has 0 aliphatic heterocycles. The van der Waals surface area contributed by atoms with Crippen molar-refractivity contribution in [1.29, 1.82) is 0 Å². The molecule has 152 valence electrons. The summed E-state index contributed by atoms with van der Waals surface area (Å²) in [6.07, 6.45) is 0. The van der Waals surface area contributed by atoms with Crippen LogP contribution in [0.25, 0.3) is 38.1 Å². The van der Waals surface area contributed by atoms with Gasteiger partial charge < -0.3 is 4.40 Å². The first-order valence-electron chi connectivity index (χ1n) is 12.4. The van der Waals surface area contributed by atoms with E-state index < -0.39 is 0 Å². The summed E-state index contributed by atoms with van der Waals surface area (Å²) in [5.41, 5.74) is 20.2. The van der Waals surface area contributed by atoms with Crippen LogP contribution in [-0.4, -0.2) is 82.9 Å². The third-order valence-electron chi connectivity index (χ3n) is 9.27. The predicted molar refractivity (Wildman–Crippen MR) is 182 cm³/mol. The van der Waals surface area contributed by atoms with Crippen LogP contribution in [0.4, 0.5) is 0 Å². The molecular formula is C22H29B10N. The minimum absolute atomic E-state index is 0.0658. The summed E-state index contributed by atoms with van der Waals surface area (Å²) in [5.74, 6) is 0. The van der Waals surface area contributed by atoms with Crippen molar-refractivity contribution in [3.05, 3.63) is 5.56 Å². The normalized spacial score (nSPS) is 12.7. The van der Waals surface area contributed by atoms with Crippen LogP contribution in [0, 0.1) is 0 Å². The van der Waals surface area contributed by atoms with Gasteiger partial charge in [0.05, 0.1) is 5.52 Å². The second-order valence-electron chi connectivity index (χ2n) is 11.8. The van der Waals surface area contributed by atoms with E-state index in [1.54, 1.807) is 0 Å². The molecule has 0 spiro atoms. The quantitative estimate of drug-likeness (QED) is 0.221. The number of hydrogen-bond acceptors (Lipinski definition) is 0. The van der Waals surface area contributed by atoms with E-state index >= 15 is 0 Å². The predicted octanol–water partition coefficient (Wildman–Crippen LogP) is -11.3. The molecule has 11 heteroatoms. The van der Waals surface area contributed by atoms with Crippen LogP contribution in [0.1, 0.15) is 26.3 Å². The summed E-state index contributed by atoms with van der Waals surface area (Å²) in [4.78, 5) is 0. The molecule has 2 heterocycles. The molecule has 5 rings (SSSR count). The molecule has 1 nitrogen and oxygen atoms in total. The summed E-state index contributed by atoms with van der Waals surface area (Å²) in [6.45, 7) is 7.16. The van der Waals surface area contributed by atoms with Crippen LogP contribution in [0.15, 0.2) is 0 Å². The highest BCUT2D eigenvalue weighted by atomic mass is 14.9. The fourth-order valence-corrected chi connectivity index (χ4v) is 6.79. The van der Waals surface area contributed by atoms with Gasteiger partial charge in [0.15, 0.2) is 0 Å². The standard InChI is InChI=1S/C22H29B10N/c1-22(2,3)8-4-5-10(24)13(27)15(29)17(31)20(5)33-19(4)6(9(23)12(8)26)7-11(25)14(28)16(30)18(32)21(7)33/h23-32H2,1-3H3. The lowest BCUT2D eigenvalue weighted by Gasteiger charge is -2.26. The molecule has 0 saturated heterocycles. The second-order valence-corrected chi connectivity index (χ2v) is 11.8. The summed E-state index contributed by atoms with van der Waals surface area (Å²) >= 11 is 0. The first-order valence-corrected chi connectivity index (χ1v) is 12.4. The minimum Gasteiger partial charge on any atom is -0.309 e. The Morgan fingerprint density at radius 3 is 1.15 bits per heavy atom. The van der Waals surface area contributed by atoms with Crippen molar-refractivity contribution in [2.45, 2.75) is 26.2 Å². The van der Waals surface area contributed by atoms with Gasteiger partial charge in [0, 0.05) is 27.2 Å². The largest absolute Gasteiger partial charge is 0.309 e. The Bertz CT molecular complexity index is 1690. The van der Waals surface area contributed by atoms with Gasteiger partial charge in [-0.1, -0.05) is 64.5 Å². The lowest BCUT2D eigenvalue weighted by atomic mass is 9.63. The van der Waals surface area contributed by atoms with Crippen molar-refractivity contribution < 1.29 is 0 Å². The molecule has 33 heavy (non-hydrogen) atoms. The maximum atomic E-state index is 2.67. The monoisotopic (exact) mass is 417 g/mol. The molecule has 0 radical (unpaired) electrons. The Labute approximate surface area is 207 Å². The minimum atomic E-state index is 0.0658. The lowest BCUT2D eigenvalue weighted by Crippen LogP contribution is -2.49. The highest BCUT2D eigenvalue weighted by Gasteiger charge is 2.31. The molecule has 3 aromatic carbocycles. The zero-order valence-electron chi connectivity index (χ0n) is 22.9. The van der Waals surface area contributed by atoms with Crippen molar-refractivity contribution in [2.24, 2.45) is 0 Å². The Kier molecular flexibility index (Phi) is 4.74. The van der Waals surface area contributed by atoms with E-state index in [1.807, 2.05) is 0 Å². The Morgan fingerprint density at radius 1 is 0.394 bits per heavy atom. The zero-order valence-corrected chi connectivity index (χ0v) is 22.9. The van der Waals surface area contributed by atoms with E-state index in [1.165, 1.54) is 98.3 Å². The molecule has 0 atom stereocenters. The van der Waals surface area contributed by atoms with Crippen LogP contribution in [0.5, 0.6) is 0 Å². The number of benzene rings is 3. The van der Waals surface area contributed by atoms with Gasteiger partial charge in [-0.3, -0.25) is 0 Å². The summed E-state index contributed by atoms with van der Waals surface area (Å²) in [6, 6.07) is 0. The Morgan fingerprint density at radius 2 is 0.727 bits per heavy atom. The molecule has 0 amide bonds. The van der Waals surface area contributed by atoms with E-state index in [4.69, 9.17) is 0 Å². The van der Waals surface area contributed by atoms with Crippen LogP contribution in [-0.2, 0) is 5.41 Å². The first kappa shape index (κ1) is 22.9. The van der Waals surface area contributed by atoms with Crippen LogP contribution < -0.4 is 54.6 Å². The summed E-state index contributed by atoms with van der Waals surface area (Å²) in [5, 5.41) is 5.90. The van der Waals surface area contributed by atoms with Crippen LogP contribution in [0.2, 0.25) is 0 Å².